The summed E-state index contributed by atoms with van der Waals surface area (Å²) in [7, 11) is -2.14. The molecule has 0 spiro atoms. The third kappa shape index (κ3) is 5.92. The van der Waals surface area contributed by atoms with E-state index < -0.39 is 10.0 Å². The minimum atomic E-state index is -3.66. The van der Waals surface area contributed by atoms with Crippen molar-refractivity contribution in [3.05, 3.63) is 28.8 Å². The van der Waals surface area contributed by atoms with E-state index >= 15 is 0 Å². The van der Waals surface area contributed by atoms with Crippen LogP contribution in [0.2, 0.25) is 5.02 Å². The lowest BCUT2D eigenvalue weighted by molar-refractivity contribution is 0.180. The van der Waals surface area contributed by atoms with Crippen LogP contribution in [-0.4, -0.2) is 34.2 Å². The predicted octanol–water partition coefficient (Wildman–Crippen LogP) is 2.15. The number of rotatable bonds is 8. The summed E-state index contributed by atoms with van der Waals surface area (Å²) in [6.45, 7) is 6.68. The maximum atomic E-state index is 12.4. The maximum absolute atomic E-state index is 12.4. The van der Waals surface area contributed by atoms with Gasteiger partial charge in [0.2, 0.25) is 10.0 Å². The Labute approximate surface area is 132 Å². The Balaban J connectivity index is 2.96. The third-order valence-electron chi connectivity index (χ3n) is 2.77. The fourth-order valence-corrected chi connectivity index (χ4v) is 3.58. The van der Waals surface area contributed by atoms with Crippen LogP contribution in [-0.2, 0) is 21.3 Å². The zero-order chi connectivity index (χ0) is 16.0. The van der Waals surface area contributed by atoms with Crippen LogP contribution in [0.4, 0.5) is 0 Å². The summed E-state index contributed by atoms with van der Waals surface area (Å²) in [4.78, 5) is 0.0928. The van der Waals surface area contributed by atoms with Gasteiger partial charge in [-0.3, -0.25) is 0 Å². The number of halogens is 1. The average molecular weight is 335 g/mol. The van der Waals surface area contributed by atoms with Gasteiger partial charge in [-0.1, -0.05) is 31.5 Å². The highest BCUT2D eigenvalue weighted by Gasteiger charge is 2.20. The van der Waals surface area contributed by atoms with Crippen molar-refractivity contribution >= 4 is 21.6 Å². The van der Waals surface area contributed by atoms with Gasteiger partial charge >= 0.3 is 0 Å². The Morgan fingerprint density at radius 1 is 1.29 bits per heavy atom. The lowest BCUT2D eigenvalue weighted by Gasteiger charge is -2.15. The predicted molar refractivity (Wildman–Crippen MR) is 85.1 cm³/mol. The topological polar surface area (TPSA) is 67.4 Å². The molecule has 1 aromatic carbocycles. The first-order valence-electron chi connectivity index (χ1n) is 6.79. The molecule has 0 heterocycles. The molecule has 0 aliphatic carbocycles. The van der Waals surface area contributed by atoms with Crippen molar-refractivity contribution in [2.45, 2.75) is 44.3 Å². The van der Waals surface area contributed by atoms with Gasteiger partial charge < -0.3 is 10.1 Å². The van der Waals surface area contributed by atoms with E-state index in [4.69, 9.17) is 16.3 Å². The summed E-state index contributed by atoms with van der Waals surface area (Å²) < 4.78 is 32.2. The van der Waals surface area contributed by atoms with Gasteiger partial charge in [-0.15, -0.1) is 0 Å². The summed E-state index contributed by atoms with van der Waals surface area (Å²) in [5.41, 5.74) is 0.868. The third-order valence-corrected chi connectivity index (χ3v) is 4.84. The summed E-state index contributed by atoms with van der Waals surface area (Å²) in [5, 5.41) is 3.45. The van der Waals surface area contributed by atoms with Crippen LogP contribution in [0.5, 0.6) is 0 Å². The average Bonchev–Trinajstić information content (AvgIpc) is 2.37. The second kappa shape index (κ2) is 8.10. The molecule has 0 fully saturated rings. The molecule has 1 atom stereocenters. The smallest absolute Gasteiger partial charge is 0.242 e. The number of ether oxygens (including phenoxy) is 1. The number of methoxy groups -OCH3 is 1. The first kappa shape index (κ1) is 18.4. The molecule has 0 aliphatic heterocycles. The highest BCUT2D eigenvalue weighted by Crippen LogP contribution is 2.23. The molecule has 0 bridgehead atoms. The molecule has 5 nitrogen and oxygen atoms in total. The van der Waals surface area contributed by atoms with E-state index in [1.54, 1.807) is 19.1 Å². The Hall–Kier alpha value is -0.660. The van der Waals surface area contributed by atoms with Gasteiger partial charge in [0.25, 0.3) is 0 Å². The molecule has 2 N–H and O–H groups in total. The minimum absolute atomic E-state index is 0.0928. The van der Waals surface area contributed by atoms with Gasteiger partial charge in [-0.05, 0) is 24.6 Å². The molecule has 7 heteroatoms. The van der Waals surface area contributed by atoms with Crippen LogP contribution in [0.25, 0.3) is 0 Å². The van der Waals surface area contributed by atoms with Crippen molar-refractivity contribution in [2.24, 2.45) is 0 Å². The highest BCUT2D eigenvalue weighted by molar-refractivity contribution is 7.89. The summed E-state index contributed by atoms with van der Waals surface area (Å²) in [6, 6.07) is 5.01. The van der Waals surface area contributed by atoms with Gasteiger partial charge in [0.15, 0.2) is 0 Å². The van der Waals surface area contributed by atoms with Crippen LogP contribution in [0.15, 0.2) is 23.1 Å². The van der Waals surface area contributed by atoms with Gasteiger partial charge in [-0.25, -0.2) is 13.1 Å². The molecule has 0 saturated carbocycles. The molecule has 120 valence electrons. The van der Waals surface area contributed by atoms with Crippen molar-refractivity contribution < 1.29 is 13.2 Å². The second-order valence-electron chi connectivity index (χ2n) is 5.28. The van der Waals surface area contributed by atoms with E-state index in [9.17, 15) is 8.42 Å². The van der Waals surface area contributed by atoms with E-state index in [1.165, 1.54) is 7.11 Å². The second-order valence-corrected chi connectivity index (χ2v) is 7.37. The van der Waals surface area contributed by atoms with Gasteiger partial charge in [0.1, 0.15) is 4.90 Å². The SMILES string of the molecule is COCC(C)NS(=O)(=O)c1cc(CNC(C)C)ccc1Cl. The zero-order valence-corrected chi connectivity index (χ0v) is 14.4. The van der Waals surface area contributed by atoms with Crippen LogP contribution in [0, 0.1) is 0 Å². The highest BCUT2D eigenvalue weighted by atomic mass is 35.5. The van der Waals surface area contributed by atoms with Crippen molar-refractivity contribution in [2.75, 3.05) is 13.7 Å². The molecule has 0 aromatic heterocycles. The van der Waals surface area contributed by atoms with Gasteiger partial charge in [0.05, 0.1) is 11.6 Å². The van der Waals surface area contributed by atoms with E-state index in [1.807, 2.05) is 19.9 Å². The Morgan fingerprint density at radius 2 is 1.95 bits per heavy atom. The molecule has 21 heavy (non-hydrogen) atoms. The fourth-order valence-electron chi connectivity index (χ4n) is 1.80. The van der Waals surface area contributed by atoms with Crippen molar-refractivity contribution in [1.82, 2.24) is 10.0 Å². The summed E-state index contributed by atoms with van der Waals surface area (Å²) in [5.74, 6) is 0. The normalized spacial score (nSPS) is 13.6. The van der Waals surface area contributed by atoms with Crippen molar-refractivity contribution in [1.29, 1.82) is 0 Å². The first-order chi connectivity index (χ1) is 9.76. The lowest BCUT2D eigenvalue weighted by Crippen LogP contribution is -2.35. The fraction of sp³-hybridized carbons (Fsp3) is 0.571. The molecule has 1 unspecified atom stereocenters. The van der Waals surface area contributed by atoms with Crippen LogP contribution in [0.1, 0.15) is 26.3 Å². The van der Waals surface area contributed by atoms with Crippen molar-refractivity contribution in [3.63, 3.8) is 0 Å². The molecule has 0 radical (unpaired) electrons. The molecule has 1 rings (SSSR count). The monoisotopic (exact) mass is 334 g/mol. The molecule has 0 saturated heterocycles. The lowest BCUT2D eigenvalue weighted by atomic mass is 10.2. The Kier molecular flexibility index (Phi) is 7.09. The maximum Gasteiger partial charge on any atom is 0.242 e. The van der Waals surface area contributed by atoms with Gasteiger partial charge in [-0.2, -0.15) is 0 Å². The number of nitrogens with one attached hydrogen (secondary N) is 2. The minimum Gasteiger partial charge on any atom is -0.383 e. The quantitative estimate of drug-likeness (QED) is 0.764. The van der Waals surface area contributed by atoms with Gasteiger partial charge in [0, 0.05) is 25.7 Å². The first-order valence-corrected chi connectivity index (χ1v) is 8.65. The van der Waals surface area contributed by atoms with Crippen molar-refractivity contribution in [3.8, 4) is 0 Å². The van der Waals surface area contributed by atoms with E-state index in [0.717, 1.165) is 5.56 Å². The molecule has 0 amide bonds. The Morgan fingerprint density at radius 3 is 2.52 bits per heavy atom. The van der Waals surface area contributed by atoms with Crippen LogP contribution >= 0.6 is 11.6 Å². The standard InChI is InChI=1S/C14H23ClN2O3S/c1-10(2)16-8-12-5-6-13(15)14(7-12)21(18,19)17-11(3)9-20-4/h5-7,10-11,16-17H,8-9H2,1-4H3. The number of hydrogen-bond acceptors (Lipinski definition) is 4. The largest absolute Gasteiger partial charge is 0.383 e. The zero-order valence-electron chi connectivity index (χ0n) is 12.8. The van der Waals surface area contributed by atoms with E-state index in [0.29, 0.717) is 19.2 Å². The molecular weight excluding hydrogens is 312 g/mol. The van der Waals surface area contributed by atoms with Crippen LogP contribution in [0.3, 0.4) is 0 Å². The van der Waals surface area contributed by atoms with E-state index in [-0.39, 0.29) is 16.0 Å². The van der Waals surface area contributed by atoms with E-state index in [2.05, 4.69) is 10.0 Å². The molecule has 0 aliphatic rings. The number of benzene rings is 1. The number of hydrogen-bond donors (Lipinski definition) is 2. The summed E-state index contributed by atoms with van der Waals surface area (Å²) >= 11 is 6.03. The number of sulfonamides is 1. The molecule has 1 aromatic rings. The summed E-state index contributed by atoms with van der Waals surface area (Å²) in [6.07, 6.45) is 0. The van der Waals surface area contributed by atoms with Crippen LogP contribution < -0.4 is 10.0 Å². The Bertz CT molecular complexity index is 561. The molecular formula is C14H23ClN2O3S.